The first-order valence-electron chi connectivity index (χ1n) is 11.5. The molecule has 3 aromatic rings. The van der Waals surface area contributed by atoms with Gasteiger partial charge in [0.05, 0.1) is 17.6 Å². The van der Waals surface area contributed by atoms with Gasteiger partial charge in [-0.1, -0.05) is 19.9 Å². The number of Topliss-reactive ketones (excluding diaryl/α,β-unsaturated/α-hetero) is 1. The van der Waals surface area contributed by atoms with E-state index in [1.807, 2.05) is 45.2 Å². The van der Waals surface area contributed by atoms with Gasteiger partial charge in [0.25, 0.3) is 5.69 Å². The Morgan fingerprint density at radius 1 is 1.21 bits per heavy atom. The molecule has 0 aliphatic rings. The van der Waals surface area contributed by atoms with Gasteiger partial charge < -0.3 is 9.30 Å². The summed E-state index contributed by atoms with van der Waals surface area (Å²) in [6.07, 6.45) is 4.55. The highest BCUT2D eigenvalue weighted by Crippen LogP contribution is 2.28. The molecule has 34 heavy (non-hydrogen) atoms. The summed E-state index contributed by atoms with van der Waals surface area (Å²) in [7, 11) is 0. The first-order chi connectivity index (χ1) is 16.3. The summed E-state index contributed by atoms with van der Waals surface area (Å²) in [5.74, 6) is -0.662. The number of ketones is 1. The van der Waals surface area contributed by atoms with Crippen LogP contribution in [0.1, 0.15) is 66.0 Å². The summed E-state index contributed by atoms with van der Waals surface area (Å²) in [5.41, 5.74) is 3.72. The quantitative estimate of drug-likeness (QED) is 0.152. The van der Waals surface area contributed by atoms with Gasteiger partial charge in [-0.2, -0.15) is 0 Å². The third-order valence-electron chi connectivity index (χ3n) is 5.64. The molecule has 0 unspecified atom stereocenters. The maximum Gasteiger partial charge on any atom is 0.272 e. The Kier molecular flexibility index (Phi) is 8.65. The Morgan fingerprint density at radius 2 is 2.00 bits per heavy atom. The highest BCUT2D eigenvalue weighted by Gasteiger charge is 2.23. The number of aryl methyl sites for hydroxylation is 1. The Bertz CT molecular complexity index is 1140. The molecule has 8 heteroatoms. The average Bonchev–Trinajstić information content (AvgIpc) is 3.16. The van der Waals surface area contributed by atoms with Crippen molar-refractivity contribution in [3.8, 4) is 0 Å². The molecule has 180 valence electrons. The first-order valence-corrected chi connectivity index (χ1v) is 11.5. The lowest BCUT2D eigenvalue weighted by Crippen LogP contribution is -2.13. The molecule has 0 saturated heterocycles. The molecule has 0 spiro atoms. The van der Waals surface area contributed by atoms with Gasteiger partial charge in [-0.3, -0.25) is 19.9 Å². The van der Waals surface area contributed by atoms with Gasteiger partial charge >= 0.3 is 0 Å². The van der Waals surface area contributed by atoms with Crippen LogP contribution in [-0.2, 0) is 24.1 Å². The minimum absolute atomic E-state index is 0.0711. The number of hydrogen-bond donors (Lipinski definition) is 0. The van der Waals surface area contributed by atoms with E-state index in [4.69, 9.17) is 4.74 Å². The van der Waals surface area contributed by atoms with Gasteiger partial charge in [0.1, 0.15) is 5.82 Å². The van der Waals surface area contributed by atoms with Crippen molar-refractivity contribution in [2.45, 2.75) is 52.5 Å². The highest BCUT2D eigenvalue weighted by molar-refractivity contribution is 5.98. The minimum Gasteiger partial charge on any atom is -0.381 e. The topological polar surface area (TPSA) is 87.3 Å². The van der Waals surface area contributed by atoms with Crippen LogP contribution < -0.4 is 0 Å². The van der Waals surface area contributed by atoms with Crippen molar-refractivity contribution in [1.29, 1.82) is 0 Å². The number of halogens is 1. The Labute approximate surface area is 198 Å². The SMILES string of the molecule is CCOCCc1cc(C(=O)CCc2cc(F)cc([N+](=O)[O-])c2)c(C(C)C)n1Cc1cccnc1. The van der Waals surface area contributed by atoms with Gasteiger partial charge in [0.2, 0.25) is 0 Å². The van der Waals surface area contributed by atoms with Crippen molar-refractivity contribution in [2.75, 3.05) is 13.2 Å². The molecule has 0 aliphatic heterocycles. The number of pyridine rings is 1. The molecule has 1 aromatic carbocycles. The standard InChI is InChI=1S/C26H30FN3O4/c1-4-34-11-9-22-15-24(26(18(2)3)29(22)17-20-6-5-10-28-16-20)25(31)8-7-19-12-21(27)14-23(13-19)30(32)33/h5-6,10,12-16,18H,4,7-9,11,17H2,1-3H3. The maximum absolute atomic E-state index is 13.8. The molecule has 2 heterocycles. The number of carbonyl (C=O) groups is 1. The van der Waals surface area contributed by atoms with Crippen LogP contribution in [-0.4, -0.2) is 33.5 Å². The number of nitro groups is 1. The molecule has 0 aliphatic carbocycles. The second kappa shape index (κ2) is 11.7. The zero-order valence-electron chi connectivity index (χ0n) is 19.8. The summed E-state index contributed by atoms with van der Waals surface area (Å²) in [6, 6.07) is 9.26. The lowest BCUT2D eigenvalue weighted by atomic mass is 9.98. The molecular weight excluding hydrogens is 437 g/mol. The lowest BCUT2D eigenvalue weighted by Gasteiger charge is -2.17. The van der Waals surface area contributed by atoms with Gasteiger partial charge in [0, 0.05) is 61.4 Å². The molecule has 2 aromatic heterocycles. The van der Waals surface area contributed by atoms with Crippen LogP contribution in [0.3, 0.4) is 0 Å². The zero-order chi connectivity index (χ0) is 24.7. The summed E-state index contributed by atoms with van der Waals surface area (Å²) < 4.78 is 21.5. The molecule has 0 amide bonds. The average molecular weight is 468 g/mol. The van der Waals surface area contributed by atoms with E-state index in [1.165, 1.54) is 12.1 Å². The summed E-state index contributed by atoms with van der Waals surface area (Å²) in [6.45, 7) is 7.80. The van der Waals surface area contributed by atoms with E-state index in [9.17, 15) is 19.3 Å². The lowest BCUT2D eigenvalue weighted by molar-refractivity contribution is -0.385. The molecule has 0 atom stereocenters. The monoisotopic (exact) mass is 467 g/mol. The fourth-order valence-corrected chi connectivity index (χ4v) is 4.13. The van der Waals surface area contributed by atoms with Gasteiger partial charge in [-0.25, -0.2) is 4.39 Å². The number of nitro benzene ring substituents is 1. The second-order valence-electron chi connectivity index (χ2n) is 8.48. The smallest absolute Gasteiger partial charge is 0.272 e. The predicted octanol–water partition coefficient (Wildman–Crippen LogP) is 5.50. The number of rotatable bonds is 12. The van der Waals surface area contributed by atoms with E-state index in [-0.39, 0.29) is 30.2 Å². The zero-order valence-corrected chi connectivity index (χ0v) is 19.8. The van der Waals surface area contributed by atoms with Crippen LogP contribution >= 0.6 is 0 Å². The van der Waals surface area contributed by atoms with Crippen molar-refractivity contribution in [2.24, 2.45) is 0 Å². The minimum atomic E-state index is -0.680. The molecule has 0 bridgehead atoms. The molecule has 0 N–H and O–H groups in total. The fourth-order valence-electron chi connectivity index (χ4n) is 4.13. The van der Waals surface area contributed by atoms with E-state index in [2.05, 4.69) is 9.55 Å². The Hall–Kier alpha value is -3.39. The van der Waals surface area contributed by atoms with E-state index in [0.29, 0.717) is 37.3 Å². The molecule has 0 fully saturated rings. The molecular formula is C26H30FN3O4. The van der Waals surface area contributed by atoms with Crippen molar-refractivity contribution < 1.29 is 18.8 Å². The third kappa shape index (κ3) is 6.35. The summed E-state index contributed by atoms with van der Waals surface area (Å²) in [5, 5.41) is 11.0. The van der Waals surface area contributed by atoms with Crippen molar-refractivity contribution in [1.82, 2.24) is 9.55 Å². The maximum atomic E-state index is 13.8. The van der Waals surface area contributed by atoms with Crippen LogP contribution in [0.15, 0.2) is 48.8 Å². The van der Waals surface area contributed by atoms with Crippen molar-refractivity contribution in [3.05, 3.63) is 92.8 Å². The number of aromatic nitrogens is 2. The fraction of sp³-hybridized carbons (Fsp3) is 0.385. The van der Waals surface area contributed by atoms with Gasteiger partial charge in [-0.15, -0.1) is 0 Å². The third-order valence-corrected chi connectivity index (χ3v) is 5.64. The largest absolute Gasteiger partial charge is 0.381 e. The van der Waals surface area contributed by atoms with E-state index < -0.39 is 10.7 Å². The number of nitrogens with zero attached hydrogens (tertiary/aromatic N) is 3. The molecule has 0 saturated carbocycles. The van der Waals surface area contributed by atoms with E-state index >= 15 is 0 Å². The first kappa shape index (κ1) is 25.2. The van der Waals surface area contributed by atoms with Crippen LogP contribution in [0, 0.1) is 15.9 Å². The molecule has 7 nitrogen and oxygen atoms in total. The summed E-state index contributed by atoms with van der Waals surface area (Å²) >= 11 is 0. The van der Waals surface area contributed by atoms with Crippen molar-refractivity contribution >= 4 is 11.5 Å². The van der Waals surface area contributed by atoms with Crippen molar-refractivity contribution in [3.63, 3.8) is 0 Å². The predicted molar refractivity (Wildman–Crippen MR) is 128 cm³/mol. The van der Waals surface area contributed by atoms with Crippen LogP contribution in [0.4, 0.5) is 10.1 Å². The number of carbonyl (C=O) groups excluding carboxylic acids is 1. The Balaban J connectivity index is 1.90. The van der Waals surface area contributed by atoms with E-state index in [1.54, 1.807) is 6.20 Å². The number of non-ortho nitro benzene ring substituents is 1. The Morgan fingerprint density at radius 3 is 2.65 bits per heavy atom. The number of benzene rings is 1. The highest BCUT2D eigenvalue weighted by atomic mass is 19.1. The number of hydrogen-bond acceptors (Lipinski definition) is 5. The van der Waals surface area contributed by atoms with Gasteiger partial charge in [0.15, 0.2) is 5.78 Å². The number of ether oxygens (including phenoxy) is 1. The van der Waals surface area contributed by atoms with Crippen LogP contribution in [0.5, 0.6) is 0 Å². The van der Waals surface area contributed by atoms with Crippen LogP contribution in [0.25, 0.3) is 0 Å². The summed E-state index contributed by atoms with van der Waals surface area (Å²) in [4.78, 5) is 27.9. The van der Waals surface area contributed by atoms with E-state index in [0.717, 1.165) is 23.0 Å². The second-order valence-corrected chi connectivity index (χ2v) is 8.48. The van der Waals surface area contributed by atoms with Crippen LogP contribution in [0.2, 0.25) is 0 Å². The normalized spacial score (nSPS) is 11.2. The molecule has 0 radical (unpaired) electrons. The van der Waals surface area contributed by atoms with Gasteiger partial charge in [-0.05, 0) is 48.6 Å². The molecule has 3 rings (SSSR count).